The summed E-state index contributed by atoms with van der Waals surface area (Å²) in [6, 6.07) is 0. The number of imidazole rings is 1. The Morgan fingerprint density at radius 2 is 2.69 bits per heavy atom. The van der Waals surface area contributed by atoms with E-state index in [9.17, 15) is 0 Å². The zero-order valence-corrected chi connectivity index (χ0v) is 7.62. The average Bonchev–Trinajstić information content (AvgIpc) is 2.75. The number of nitrogens with one attached hydrogen (secondary N) is 2. The SMILES string of the molecule is c1c[nH]c(CNC[C@H]2CCCO2)n1. The molecular weight excluding hydrogens is 166 g/mol. The topological polar surface area (TPSA) is 49.9 Å². The van der Waals surface area contributed by atoms with Crippen molar-refractivity contribution in [2.24, 2.45) is 0 Å². The van der Waals surface area contributed by atoms with Crippen molar-refractivity contribution >= 4 is 0 Å². The molecule has 4 heteroatoms. The Bertz CT molecular complexity index is 229. The normalized spacial score (nSPS) is 22.3. The fourth-order valence-corrected chi connectivity index (χ4v) is 1.55. The van der Waals surface area contributed by atoms with Crippen LogP contribution in [0.4, 0.5) is 0 Å². The molecule has 2 heterocycles. The molecule has 2 N–H and O–H groups in total. The van der Waals surface area contributed by atoms with E-state index in [2.05, 4.69) is 15.3 Å². The fourth-order valence-electron chi connectivity index (χ4n) is 1.55. The molecule has 0 aromatic carbocycles. The third kappa shape index (κ3) is 2.54. The number of aromatic amines is 1. The van der Waals surface area contributed by atoms with Crippen LogP contribution in [0.25, 0.3) is 0 Å². The van der Waals surface area contributed by atoms with Gasteiger partial charge in [0.05, 0.1) is 12.6 Å². The van der Waals surface area contributed by atoms with Gasteiger partial charge in [-0.25, -0.2) is 4.98 Å². The van der Waals surface area contributed by atoms with E-state index in [4.69, 9.17) is 4.74 Å². The molecule has 0 spiro atoms. The molecular formula is C9H15N3O. The minimum absolute atomic E-state index is 0.412. The van der Waals surface area contributed by atoms with Gasteiger partial charge >= 0.3 is 0 Å². The van der Waals surface area contributed by atoms with Crippen molar-refractivity contribution in [3.8, 4) is 0 Å². The lowest BCUT2D eigenvalue weighted by atomic mass is 10.2. The summed E-state index contributed by atoms with van der Waals surface area (Å²) in [5.41, 5.74) is 0. The maximum absolute atomic E-state index is 5.48. The van der Waals surface area contributed by atoms with Crippen molar-refractivity contribution in [1.82, 2.24) is 15.3 Å². The summed E-state index contributed by atoms with van der Waals surface area (Å²) in [7, 11) is 0. The van der Waals surface area contributed by atoms with Gasteiger partial charge in [0.1, 0.15) is 5.82 Å². The second-order valence-electron chi connectivity index (χ2n) is 3.30. The van der Waals surface area contributed by atoms with Gasteiger partial charge in [0.2, 0.25) is 0 Å². The van der Waals surface area contributed by atoms with Crippen molar-refractivity contribution in [2.45, 2.75) is 25.5 Å². The van der Waals surface area contributed by atoms with E-state index >= 15 is 0 Å². The lowest BCUT2D eigenvalue weighted by Crippen LogP contribution is -2.26. The highest BCUT2D eigenvalue weighted by molar-refractivity contribution is 4.86. The summed E-state index contributed by atoms with van der Waals surface area (Å²) >= 11 is 0. The maximum atomic E-state index is 5.48. The van der Waals surface area contributed by atoms with Crippen molar-refractivity contribution in [3.63, 3.8) is 0 Å². The third-order valence-electron chi connectivity index (χ3n) is 2.24. The molecule has 2 rings (SSSR count). The van der Waals surface area contributed by atoms with Crippen LogP contribution in [0.5, 0.6) is 0 Å². The monoisotopic (exact) mass is 181 g/mol. The standard InChI is InChI=1S/C9H15N3O/c1-2-8(13-5-1)6-10-7-9-11-3-4-12-9/h3-4,8,10H,1-2,5-7H2,(H,11,12)/t8-/m1/s1. The predicted molar refractivity (Wildman–Crippen MR) is 49.3 cm³/mol. The second kappa shape index (κ2) is 4.39. The molecule has 1 fully saturated rings. The van der Waals surface area contributed by atoms with Gasteiger partial charge in [0.15, 0.2) is 0 Å². The van der Waals surface area contributed by atoms with Crippen LogP contribution in [-0.2, 0) is 11.3 Å². The van der Waals surface area contributed by atoms with Crippen LogP contribution in [0.15, 0.2) is 12.4 Å². The van der Waals surface area contributed by atoms with Gasteiger partial charge in [-0.15, -0.1) is 0 Å². The fraction of sp³-hybridized carbons (Fsp3) is 0.667. The van der Waals surface area contributed by atoms with E-state index in [0.29, 0.717) is 6.10 Å². The molecule has 1 atom stereocenters. The molecule has 1 aliphatic rings. The van der Waals surface area contributed by atoms with Crippen LogP contribution >= 0.6 is 0 Å². The first-order chi connectivity index (χ1) is 6.45. The first kappa shape index (κ1) is 8.72. The van der Waals surface area contributed by atoms with Gasteiger partial charge in [-0.1, -0.05) is 0 Å². The Kier molecular flexibility index (Phi) is 2.94. The molecule has 1 aromatic rings. The van der Waals surface area contributed by atoms with Crippen molar-refractivity contribution in [2.75, 3.05) is 13.2 Å². The van der Waals surface area contributed by atoms with Crippen LogP contribution in [0.1, 0.15) is 18.7 Å². The quantitative estimate of drug-likeness (QED) is 0.718. The van der Waals surface area contributed by atoms with Crippen molar-refractivity contribution in [1.29, 1.82) is 0 Å². The van der Waals surface area contributed by atoms with E-state index in [1.54, 1.807) is 6.20 Å². The first-order valence-electron chi connectivity index (χ1n) is 4.76. The average molecular weight is 181 g/mol. The number of rotatable bonds is 4. The number of H-pyrrole nitrogens is 1. The Morgan fingerprint density at radius 1 is 1.69 bits per heavy atom. The third-order valence-corrected chi connectivity index (χ3v) is 2.24. The Labute approximate surface area is 77.7 Å². The Balaban J connectivity index is 1.63. The highest BCUT2D eigenvalue weighted by Crippen LogP contribution is 2.10. The molecule has 0 radical (unpaired) electrons. The largest absolute Gasteiger partial charge is 0.377 e. The lowest BCUT2D eigenvalue weighted by Gasteiger charge is -2.09. The van der Waals surface area contributed by atoms with Crippen LogP contribution in [0.3, 0.4) is 0 Å². The summed E-state index contributed by atoms with van der Waals surface area (Å²) < 4.78 is 5.48. The summed E-state index contributed by atoms with van der Waals surface area (Å²) in [5.74, 6) is 0.984. The van der Waals surface area contributed by atoms with E-state index in [-0.39, 0.29) is 0 Å². The summed E-state index contributed by atoms with van der Waals surface area (Å²) in [4.78, 5) is 7.17. The molecule has 1 aromatic heterocycles. The first-order valence-corrected chi connectivity index (χ1v) is 4.76. The summed E-state index contributed by atoms with van der Waals surface area (Å²) in [6.07, 6.45) is 6.40. The van der Waals surface area contributed by atoms with Crippen LogP contribution in [0, 0.1) is 0 Å². The molecule has 0 unspecified atom stereocenters. The van der Waals surface area contributed by atoms with E-state index in [1.165, 1.54) is 12.8 Å². The van der Waals surface area contributed by atoms with Gasteiger partial charge in [-0.3, -0.25) is 0 Å². The highest BCUT2D eigenvalue weighted by atomic mass is 16.5. The van der Waals surface area contributed by atoms with Gasteiger partial charge in [-0.05, 0) is 12.8 Å². The van der Waals surface area contributed by atoms with Gasteiger partial charge in [0.25, 0.3) is 0 Å². The highest BCUT2D eigenvalue weighted by Gasteiger charge is 2.14. The summed E-state index contributed by atoms with van der Waals surface area (Å²) in [5, 5.41) is 3.31. The zero-order valence-electron chi connectivity index (χ0n) is 7.62. The molecule has 4 nitrogen and oxygen atoms in total. The molecule has 0 saturated carbocycles. The number of ether oxygens (including phenoxy) is 1. The molecule has 72 valence electrons. The molecule has 1 aliphatic heterocycles. The Hall–Kier alpha value is -0.870. The maximum Gasteiger partial charge on any atom is 0.120 e. The summed E-state index contributed by atoms with van der Waals surface area (Å²) in [6.45, 7) is 2.65. The van der Waals surface area contributed by atoms with Gasteiger partial charge in [-0.2, -0.15) is 0 Å². The van der Waals surface area contributed by atoms with Crippen molar-refractivity contribution < 1.29 is 4.74 Å². The van der Waals surface area contributed by atoms with Crippen LogP contribution in [0.2, 0.25) is 0 Å². The van der Waals surface area contributed by atoms with Gasteiger partial charge in [0, 0.05) is 25.5 Å². The number of hydrogen-bond donors (Lipinski definition) is 2. The number of aromatic nitrogens is 2. The predicted octanol–water partition coefficient (Wildman–Crippen LogP) is 0.678. The zero-order chi connectivity index (χ0) is 8.93. The molecule has 0 bridgehead atoms. The molecule has 0 aliphatic carbocycles. The van der Waals surface area contributed by atoms with Crippen molar-refractivity contribution in [3.05, 3.63) is 18.2 Å². The van der Waals surface area contributed by atoms with Crippen LogP contribution in [-0.4, -0.2) is 29.2 Å². The minimum atomic E-state index is 0.412. The van der Waals surface area contributed by atoms with E-state index < -0.39 is 0 Å². The van der Waals surface area contributed by atoms with Crippen LogP contribution < -0.4 is 5.32 Å². The smallest absolute Gasteiger partial charge is 0.120 e. The Morgan fingerprint density at radius 3 is 3.38 bits per heavy atom. The molecule has 1 saturated heterocycles. The molecule has 13 heavy (non-hydrogen) atoms. The number of hydrogen-bond acceptors (Lipinski definition) is 3. The van der Waals surface area contributed by atoms with Gasteiger partial charge < -0.3 is 15.0 Å². The van der Waals surface area contributed by atoms with E-state index in [1.807, 2.05) is 6.20 Å². The minimum Gasteiger partial charge on any atom is -0.377 e. The lowest BCUT2D eigenvalue weighted by molar-refractivity contribution is 0.110. The van der Waals surface area contributed by atoms with E-state index in [0.717, 1.165) is 25.5 Å². The molecule has 0 amide bonds. The second-order valence-corrected chi connectivity index (χ2v) is 3.30. The number of nitrogens with zero attached hydrogens (tertiary/aromatic N) is 1.